The smallest absolute Gasteiger partial charge is 0.324 e. The molecule has 26 heavy (non-hydrogen) atoms. The van der Waals surface area contributed by atoms with Gasteiger partial charge in [0.1, 0.15) is 12.2 Å². The number of aromatic nitrogens is 2. The largest absolute Gasteiger partial charge is 0.442 e. The SMILES string of the molecule is Cc1c([N+](=O)[O-])c(C(F)(F)F)nn1CC(=O)Nc1ccc([N+](=O)[O-])cc1. The van der Waals surface area contributed by atoms with E-state index >= 15 is 0 Å². The van der Waals surface area contributed by atoms with Gasteiger partial charge in [0.05, 0.1) is 9.85 Å². The zero-order chi connectivity index (χ0) is 19.6. The molecule has 1 N–H and O–H groups in total. The maximum atomic E-state index is 12.9. The van der Waals surface area contributed by atoms with Crippen LogP contribution in [-0.4, -0.2) is 25.5 Å². The third-order valence-corrected chi connectivity index (χ3v) is 3.28. The summed E-state index contributed by atoms with van der Waals surface area (Å²) in [5.74, 6) is -0.812. The molecule has 138 valence electrons. The number of halogens is 3. The van der Waals surface area contributed by atoms with Gasteiger partial charge in [-0.15, -0.1) is 0 Å². The number of hydrogen-bond donors (Lipinski definition) is 1. The van der Waals surface area contributed by atoms with Crippen molar-refractivity contribution in [2.24, 2.45) is 0 Å². The van der Waals surface area contributed by atoms with Crippen molar-refractivity contribution < 1.29 is 27.8 Å². The maximum Gasteiger partial charge on any atom is 0.442 e. The molecule has 2 rings (SSSR count). The van der Waals surface area contributed by atoms with Gasteiger partial charge in [-0.2, -0.15) is 18.3 Å². The highest BCUT2D eigenvalue weighted by molar-refractivity contribution is 5.90. The van der Waals surface area contributed by atoms with E-state index in [9.17, 15) is 38.2 Å². The fraction of sp³-hybridized carbons (Fsp3) is 0.231. The van der Waals surface area contributed by atoms with E-state index in [0.29, 0.717) is 4.68 Å². The first kappa shape index (κ1) is 18.8. The van der Waals surface area contributed by atoms with Gasteiger partial charge in [-0.25, -0.2) is 0 Å². The Morgan fingerprint density at radius 3 is 2.19 bits per heavy atom. The molecule has 0 saturated heterocycles. The Bertz CT molecular complexity index is 876. The van der Waals surface area contributed by atoms with Crippen molar-refractivity contribution in [2.75, 3.05) is 5.32 Å². The van der Waals surface area contributed by atoms with E-state index in [4.69, 9.17) is 0 Å². The summed E-state index contributed by atoms with van der Waals surface area (Å²) < 4.78 is 39.1. The molecule has 2 aromatic rings. The van der Waals surface area contributed by atoms with Gasteiger partial charge in [0.25, 0.3) is 5.69 Å². The lowest BCUT2D eigenvalue weighted by molar-refractivity contribution is -0.388. The highest BCUT2D eigenvalue weighted by Crippen LogP contribution is 2.36. The Hall–Kier alpha value is -3.51. The van der Waals surface area contributed by atoms with Gasteiger partial charge in [-0.1, -0.05) is 0 Å². The van der Waals surface area contributed by atoms with Crippen LogP contribution in [0, 0.1) is 27.2 Å². The topological polar surface area (TPSA) is 133 Å². The number of non-ortho nitro benzene ring substituents is 1. The summed E-state index contributed by atoms with van der Waals surface area (Å²) in [6.45, 7) is 0.333. The molecule has 0 radical (unpaired) electrons. The van der Waals surface area contributed by atoms with Gasteiger partial charge in [0.15, 0.2) is 0 Å². The van der Waals surface area contributed by atoms with E-state index in [1.165, 1.54) is 12.1 Å². The summed E-state index contributed by atoms with van der Waals surface area (Å²) in [5.41, 5.74) is -3.39. The van der Waals surface area contributed by atoms with Gasteiger partial charge in [-0.3, -0.25) is 29.7 Å². The first-order valence-electron chi connectivity index (χ1n) is 6.84. The molecular formula is C13H10F3N5O5. The molecular weight excluding hydrogens is 363 g/mol. The van der Waals surface area contributed by atoms with Gasteiger partial charge in [0, 0.05) is 17.8 Å². The number of nitro benzene ring substituents is 1. The Kier molecular flexibility index (Phi) is 4.91. The molecule has 0 aliphatic heterocycles. The average Bonchev–Trinajstić information content (AvgIpc) is 2.85. The van der Waals surface area contributed by atoms with Crippen LogP contribution in [0.1, 0.15) is 11.4 Å². The molecule has 0 aliphatic rings. The molecule has 0 bridgehead atoms. The van der Waals surface area contributed by atoms with Crippen molar-refractivity contribution in [2.45, 2.75) is 19.6 Å². The van der Waals surface area contributed by atoms with Crippen molar-refractivity contribution in [3.8, 4) is 0 Å². The number of anilines is 1. The third kappa shape index (κ3) is 3.93. The quantitative estimate of drug-likeness (QED) is 0.633. The van der Waals surface area contributed by atoms with Crippen molar-refractivity contribution in [1.82, 2.24) is 9.78 Å². The second-order valence-corrected chi connectivity index (χ2v) is 5.05. The van der Waals surface area contributed by atoms with Crippen LogP contribution in [0.5, 0.6) is 0 Å². The summed E-state index contributed by atoms with van der Waals surface area (Å²) in [5, 5.41) is 26.8. The van der Waals surface area contributed by atoms with Gasteiger partial charge < -0.3 is 5.32 Å². The second-order valence-electron chi connectivity index (χ2n) is 5.05. The van der Waals surface area contributed by atoms with E-state index in [1.807, 2.05) is 0 Å². The summed E-state index contributed by atoms with van der Waals surface area (Å²) in [7, 11) is 0. The van der Waals surface area contributed by atoms with Crippen LogP contribution in [0.25, 0.3) is 0 Å². The van der Waals surface area contributed by atoms with Crippen LogP contribution < -0.4 is 5.32 Å². The number of nitro groups is 2. The first-order chi connectivity index (χ1) is 12.0. The molecule has 0 atom stereocenters. The van der Waals surface area contributed by atoms with Crippen LogP contribution in [-0.2, 0) is 17.5 Å². The molecule has 10 nitrogen and oxygen atoms in total. The maximum absolute atomic E-state index is 12.9. The number of nitrogens with zero attached hydrogens (tertiary/aromatic N) is 4. The summed E-state index contributed by atoms with van der Waals surface area (Å²) in [6.07, 6.45) is -5.05. The molecule has 13 heteroatoms. The number of rotatable bonds is 5. The zero-order valence-electron chi connectivity index (χ0n) is 13.0. The molecule has 0 unspecified atom stereocenters. The number of nitrogens with one attached hydrogen (secondary N) is 1. The van der Waals surface area contributed by atoms with Crippen molar-refractivity contribution in [1.29, 1.82) is 0 Å². The average molecular weight is 373 g/mol. The van der Waals surface area contributed by atoms with Crippen LogP contribution in [0.2, 0.25) is 0 Å². The van der Waals surface area contributed by atoms with E-state index < -0.39 is 45.6 Å². The fourth-order valence-corrected chi connectivity index (χ4v) is 2.10. The minimum Gasteiger partial charge on any atom is -0.324 e. The predicted octanol–water partition coefficient (Wildman–Crippen LogP) is 2.67. The van der Waals surface area contributed by atoms with Gasteiger partial charge in [0.2, 0.25) is 11.6 Å². The molecule has 0 fully saturated rings. The minimum absolute atomic E-state index is 0.163. The van der Waals surface area contributed by atoms with E-state index in [0.717, 1.165) is 19.1 Å². The standard InChI is InChI=1S/C13H10F3N5O5/c1-7-11(21(25)26)12(13(14,15)16)18-19(7)6-10(22)17-8-2-4-9(5-3-8)20(23)24/h2-5H,6H2,1H3,(H,17,22). The Labute approximate surface area is 142 Å². The van der Waals surface area contributed by atoms with Crippen LogP contribution >= 0.6 is 0 Å². The molecule has 1 amide bonds. The van der Waals surface area contributed by atoms with E-state index in [-0.39, 0.29) is 11.4 Å². The molecule has 1 aromatic heterocycles. The second kappa shape index (κ2) is 6.78. The monoisotopic (exact) mass is 373 g/mol. The third-order valence-electron chi connectivity index (χ3n) is 3.28. The van der Waals surface area contributed by atoms with Crippen LogP contribution in [0.15, 0.2) is 24.3 Å². The van der Waals surface area contributed by atoms with Crippen LogP contribution in [0.3, 0.4) is 0 Å². The van der Waals surface area contributed by atoms with Gasteiger partial charge >= 0.3 is 11.9 Å². The number of carbonyl (C=O) groups excluding carboxylic acids is 1. The molecule has 1 heterocycles. The molecule has 1 aromatic carbocycles. The lowest BCUT2D eigenvalue weighted by Crippen LogP contribution is -2.20. The Morgan fingerprint density at radius 2 is 1.77 bits per heavy atom. The summed E-state index contributed by atoms with van der Waals surface area (Å²) in [4.78, 5) is 31.5. The summed E-state index contributed by atoms with van der Waals surface area (Å²) in [6, 6.07) is 4.72. The van der Waals surface area contributed by atoms with Crippen molar-refractivity contribution >= 4 is 23.0 Å². The first-order valence-corrected chi connectivity index (χ1v) is 6.84. The highest BCUT2D eigenvalue weighted by Gasteiger charge is 2.44. The molecule has 0 spiro atoms. The minimum atomic E-state index is -5.05. The number of amides is 1. The normalized spacial score (nSPS) is 11.2. The van der Waals surface area contributed by atoms with E-state index in [1.54, 1.807) is 0 Å². The van der Waals surface area contributed by atoms with Crippen LogP contribution in [0.4, 0.5) is 30.2 Å². The van der Waals surface area contributed by atoms with Crippen molar-refractivity contribution in [3.63, 3.8) is 0 Å². The number of hydrogen-bond acceptors (Lipinski definition) is 6. The summed E-state index contributed by atoms with van der Waals surface area (Å²) >= 11 is 0. The number of alkyl halides is 3. The number of benzene rings is 1. The molecule has 0 aliphatic carbocycles. The van der Waals surface area contributed by atoms with Gasteiger partial charge in [-0.05, 0) is 19.1 Å². The fourth-order valence-electron chi connectivity index (χ4n) is 2.10. The lowest BCUT2D eigenvalue weighted by Gasteiger charge is -2.06. The zero-order valence-corrected chi connectivity index (χ0v) is 13.0. The molecule has 0 saturated carbocycles. The van der Waals surface area contributed by atoms with Crippen molar-refractivity contribution in [3.05, 3.63) is 55.9 Å². The number of carbonyl (C=O) groups is 1. The Morgan fingerprint density at radius 1 is 1.19 bits per heavy atom. The lowest BCUT2D eigenvalue weighted by atomic mass is 10.3. The predicted molar refractivity (Wildman–Crippen MR) is 80.3 cm³/mol. The van der Waals surface area contributed by atoms with E-state index in [2.05, 4.69) is 10.4 Å². The Balaban J connectivity index is 2.21. The highest BCUT2D eigenvalue weighted by atomic mass is 19.4.